The van der Waals surface area contributed by atoms with Gasteiger partial charge in [0.25, 0.3) is 0 Å². The second-order valence-electron chi connectivity index (χ2n) is 3.19. The van der Waals surface area contributed by atoms with E-state index in [0.29, 0.717) is 0 Å². The van der Waals surface area contributed by atoms with Gasteiger partial charge in [-0.05, 0) is 20.8 Å². The summed E-state index contributed by atoms with van der Waals surface area (Å²) in [5, 5.41) is 8.03. The molecule has 0 rings (SSSR count). The first-order valence-electron chi connectivity index (χ1n) is 3.75. The van der Waals surface area contributed by atoms with E-state index in [2.05, 4.69) is 18.6 Å². The maximum Gasteiger partial charge on any atom is 0.506 e. The summed E-state index contributed by atoms with van der Waals surface area (Å²) in [4.78, 5) is 9.79. The van der Waals surface area contributed by atoms with E-state index in [9.17, 15) is 4.79 Å². The van der Waals surface area contributed by atoms with Gasteiger partial charge < -0.3 is 9.84 Å². The Morgan fingerprint density at radius 3 is 1.64 bits per heavy atom. The topological polar surface area (TPSA) is 46.5 Å². The Morgan fingerprint density at radius 2 is 1.64 bits per heavy atom. The van der Waals surface area contributed by atoms with Gasteiger partial charge in [-0.3, -0.25) is 0 Å². The fourth-order valence-corrected chi connectivity index (χ4v) is 0.262. The molecule has 0 saturated heterocycles. The van der Waals surface area contributed by atoms with E-state index >= 15 is 0 Å². The third-order valence-electron chi connectivity index (χ3n) is 0.393. The molecule has 3 nitrogen and oxygen atoms in total. The molecule has 0 amide bonds. The molecule has 3 heteroatoms. The Hall–Kier alpha value is -0.730. The molecule has 0 aliphatic carbocycles. The van der Waals surface area contributed by atoms with E-state index in [1.54, 1.807) is 20.8 Å². The molecule has 0 unspecified atom stereocenters. The average molecular weight is 162 g/mol. The van der Waals surface area contributed by atoms with Crippen LogP contribution in [-0.2, 0) is 4.74 Å². The molecular formula is C8H18O3. The molecule has 0 heterocycles. The van der Waals surface area contributed by atoms with Gasteiger partial charge in [-0.15, -0.1) is 0 Å². The van der Waals surface area contributed by atoms with Crippen molar-refractivity contribution in [1.29, 1.82) is 0 Å². The summed E-state index contributed by atoms with van der Waals surface area (Å²) >= 11 is 0. The minimum Gasteiger partial charge on any atom is -0.450 e. The van der Waals surface area contributed by atoms with Crippen LogP contribution in [0.25, 0.3) is 0 Å². The molecule has 0 aliphatic rings. The van der Waals surface area contributed by atoms with Gasteiger partial charge in [-0.1, -0.05) is 20.3 Å². The van der Waals surface area contributed by atoms with Gasteiger partial charge in [-0.2, -0.15) is 0 Å². The Kier molecular flexibility index (Phi) is 7.05. The van der Waals surface area contributed by atoms with E-state index in [-0.39, 0.29) is 0 Å². The first-order valence-corrected chi connectivity index (χ1v) is 3.75. The minimum absolute atomic E-state index is 0.578. The second-order valence-corrected chi connectivity index (χ2v) is 3.19. The van der Waals surface area contributed by atoms with E-state index in [0.717, 1.165) is 0 Å². The predicted octanol–water partition coefficient (Wildman–Crippen LogP) is 2.90. The number of hydrogen-bond donors (Lipinski definition) is 1. The van der Waals surface area contributed by atoms with Crippen molar-refractivity contribution in [2.24, 2.45) is 0 Å². The van der Waals surface area contributed by atoms with Crippen molar-refractivity contribution in [3.05, 3.63) is 0 Å². The fourth-order valence-electron chi connectivity index (χ4n) is 0.262. The summed E-state index contributed by atoms with van der Waals surface area (Å²) in [5.41, 5.74) is -0.578. The van der Waals surface area contributed by atoms with Gasteiger partial charge in [0.1, 0.15) is 5.60 Å². The first kappa shape index (κ1) is 12.9. The van der Waals surface area contributed by atoms with Crippen LogP contribution in [0, 0.1) is 0 Å². The first-order chi connectivity index (χ1) is 4.83. The Bertz CT molecular complexity index is 102. The summed E-state index contributed by atoms with van der Waals surface area (Å²) < 4.78 is 4.35. The highest BCUT2D eigenvalue weighted by Crippen LogP contribution is 2.05. The minimum atomic E-state index is -1.22. The molecule has 0 saturated carbocycles. The lowest BCUT2D eigenvalue weighted by atomic mass is 10.2. The third-order valence-corrected chi connectivity index (χ3v) is 0.393. The van der Waals surface area contributed by atoms with Gasteiger partial charge in [0.2, 0.25) is 0 Å². The van der Waals surface area contributed by atoms with Gasteiger partial charge in [0, 0.05) is 0 Å². The maximum absolute atomic E-state index is 9.79. The standard InChI is InChI=1S/C5H10O3.C3H8/c1-5(2,3)8-4(6)7;1-3-2/h1-3H3,(H,6,7);3H2,1-2H3. The number of hydrogen-bond acceptors (Lipinski definition) is 2. The van der Waals surface area contributed by atoms with E-state index in [1.165, 1.54) is 6.42 Å². The highest BCUT2D eigenvalue weighted by molar-refractivity contribution is 5.57. The highest BCUT2D eigenvalue weighted by Gasteiger charge is 2.13. The van der Waals surface area contributed by atoms with Crippen molar-refractivity contribution in [1.82, 2.24) is 0 Å². The third kappa shape index (κ3) is 26.9. The van der Waals surface area contributed by atoms with Gasteiger partial charge >= 0.3 is 6.16 Å². The van der Waals surface area contributed by atoms with Crippen LogP contribution in [0.5, 0.6) is 0 Å². The normalized spacial score (nSPS) is 9.55. The number of rotatable bonds is 0. The summed E-state index contributed by atoms with van der Waals surface area (Å²) in [6.45, 7) is 9.30. The van der Waals surface area contributed by atoms with Gasteiger partial charge in [0.05, 0.1) is 0 Å². The number of carboxylic acid groups (broad SMARTS) is 1. The highest BCUT2D eigenvalue weighted by atomic mass is 16.7. The molecule has 0 spiro atoms. The fraction of sp³-hybridized carbons (Fsp3) is 0.875. The summed E-state index contributed by atoms with van der Waals surface area (Å²) in [7, 11) is 0. The quantitative estimate of drug-likeness (QED) is 0.557. The molecule has 11 heavy (non-hydrogen) atoms. The molecule has 0 aromatic heterocycles. The molecule has 0 aromatic rings. The van der Waals surface area contributed by atoms with Crippen molar-refractivity contribution >= 4 is 6.16 Å². The second kappa shape index (κ2) is 6.01. The van der Waals surface area contributed by atoms with Crippen LogP contribution in [0.1, 0.15) is 41.0 Å². The molecule has 0 fully saturated rings. The van der Waals surface area contributed by atoms with Crippen molar-refractivity contribution in [3.8, 4) is 0 Å². The summed E-state index contributed by atoms with van der Waals surface area (Å²) in [6.07, 6.45) is 0.0255. The van der Waals surface area contributed by atoms with Crippen molar-refractivity contribution in [3.63, 3.8) is 0 Å². The number of ether oxygens (including phenoxy) is 1. The average Bonchev–Trinajstić information content (AvgIpc) is 1.57. The lowest BCUT2D eigenvalue weighted by Gasteiger charge is -2.15. The molecule has 68 valence electrons. The van der Waals surface area contributed by atoms with Crippen LogP contribution in [0.15, 0.2) is 0 Å². The van der Waals surface area contributed by atoms with E-state index in [4.69, 9.17) is 5.11 Å². The van der Waals surface area contributed by atoms with Crippen LogP contribution in [0.3, 0.4) is 0 Å². The summed E-state index contributed by atoms with van der Waals surface area (Å²) in [6, 6.07) is 0. The molecule has 0 aromatic carbocycles. The largest absolute Gasteiger partial charge is 0.506 e. The van der Waals surface area contributed by atoms with Crippen LogP contribution < -0.4 is 0 Å². The molecule has 0 atom stereocenters. The van der Waals surface area contributed by atoms with Crippen LogP contribution in [-0.4, -0.2) is 16.9 Å². The Balaban J connectivity index is 0. The van der Waals surface area contributed by atoms with E-state index in [1.807, 2.05) is 0 Å². The lowest BCUT2D eigenvalue weighted by molar-refractivity contribution is 0.0150. The van der Waals surface area contributed by atoms with Crippen molar-refractivity contribution in [2.45, 2.75) is 46.6 Å². The number of carbonyl (C=O) groups is 1. The SMILES string of the molecule is CC(C)(C)OC(=O)O.CCC. The Labute approximate surface area is 68.4 Å². The summed E-state index contributed by atoms with van der Waals surface area (Å²) in [5.74, 6) is 0. The van der Waals surface area contributed by atoms with Crippen LogP contribution >= 0.6 is 0 Å². The molecule has 1 N–H and O–H groups in total. The zero-order valence-corrected chi connectivity index (χ0v) is 7.97. The lowest BCUT2D eigenvalue weighted by Crippen LogP contribution is -2.22. The Morgan fingerprint density at radius 1 is 1.36 bits per heavy atom. The smallest absolute Gasteiger partial charge is 0.450 e. The maximum atomic E-state index is 9.79. The van der Waals surface area contributed by atoms with Crippen molar-refractivity contribution in [2.75, 3.05) is 0 Å². The zero-order chi connectivity index (χ0) is 9.49. The zero-order valence-electron chi connectivity index (χ0n) is 7.97. The molecular weight excluding hydrogens is 144 g/mol. The predicted molar refractivity (Wildman–Crippen MR) is 44.8 cm³/mol. The molecule has 0 bridgehead atoms. The molecule has 0 radical (unpaired) electrons. The van der Waals surface area contributed by atoms with Crippen LogP contribution in [0.4, 0.5) is 4.79 Å². The monoisotopic (exact) mass is 162 g/mol. The van der Waals surface area contributed by atoms with Gasteiger partial charge in [0.15, 0.2) is 0 Å². The van der Waals surface area contributed by atoms with Crippen LogP contribution in [0.2, 0.25) is 0 Å². The van der Waals surface area contributed by atoms with Crippen molar-refractivity contribution < 1.29 is 14.6 Å². The molecule has 0 aliphatic heterocycles. The van der Waals surface area contributed by atoms with Gasteiger partial charge in [-0.25, -0.2) is 4.79 Å². The van der Waals surface area contributed by atoms with E-state index < -0.39 is 11.8 Å².